The van der Waals surface area contributed by atoms with E-state index < -0.39 is 12.0 Å². The van der Waals surface area contributed by atoms with Gasteiger partial charge in [0, 0.05) is 11.4 Å². The Balaban J connectivity index is 2.28. The minimum absolute atomic E-state index is 0.0114. The number of hydrogen-bond acceptors (Lipinski definition) is 3. The zero-order valence-corrected chi connectivity index (χ0v) is 12.3. The summed E-state index contributed by atoms with van der Waals surface area (Å²) in [6.07, 6.45) is 1.74. The Bertz CT molecular complexity index is 489. The molecule has 19 heavy (non-hydrogen) atoms. The highest BCUT2D eigenvalue weighted by Crippen LogP contribution is 2.28. The van der Waals surface area contributed by atoms with Crippen molar-refractivity contribution in [1.82, 2.24) is 4.90 Å². The van der Waals surface area contributed by atoms with Gasteiger partial charge < -0.3 is 10.0 Å². The second-order valence-corrected chi connectivity index (χ2v) is 6.51. The Kier molecular flexibility index (Phi) is 3.94. The van der Waals surface area contributed by atoms with Gasteiger partial charge in [-0.2, -0.15) is 0 Å². The van der Waals surface area contributed by atoms with E-state index in [0.29, 0.717) is 11.4 Å². The van der Waals surface area contributed by atoms with Gasteiger partial charge in [0.15, 0.2) is 0 Å². The summed E-state index contributed by atoms with van der Waals surface area (Å²) >= 11 is 1.45. The molecule has 1 amide bonds. The molecule has 0 aromatic carbocycles. The van der Waals surface area contributed by atoms with E-state index >= 15 is 0 Å². The van der Waals surface area contributed by atoms with Gasteiger partial charge in [-0.15, -0.1) is 11.3 Å². The SMILES string of the molecule is Cc1cc(C(=O)N2CCCC(C)C2C(=O)O)sc1C. The van der Waals surface area contributed by atoms with Gasteiger partial charge in [-0.3, -0.25) is 4.79 Å². The minimum atomic E-state index is -0.898. The van der Waals surface area contributed by atoms with E-state index in [1.165, 1.54) is 16.2 Å². The highest BCUT2D eigenvalue weighted by Gasteiger charge is 2.37. The van der Waals surface area contributed by atoms with Gasteiger partial charge in [-0.1, -0.05) is 6.92 Å². The number of carboxylic acids is 1. The van der Waals surface area contributed by atoms with E-state index in [2.05, 4.69) is 0 Å². The highest BCUT2D eigenvalue weighted by molar-refractivity contribution is 7.14. The predicted molar refractivity (Wildman–Crippen MR) is 74.7 cm³/mol. The first-order valence-electron chi connectivity index (χ1n) is 6.52. The summed E-state index contributed by atoms with van der Waals surface area (Å²) in [5, 5.41) is 9.34. The fourth-order valence-corrected chi connectivity index (χ4v) is 3.60. The standard InChI is InChI=1S/C14H19NO3S/c1-8-5-4-6-15(12(8)14(17)18)13(16)11-7-9(2)10(3)19-11/h7-8,12H,4-6H2,1-3H3,(H,17,18). The number of nitrogens with zero attached hydrogens (tertiary/aromatic N) is 1. The van der Waals surface area contributed by atoms with E-state index in [9.17, 15) is 14.7 Å². The number of likely N-dealkylation sites (tertiary alicyclic amines) is 1. The Morgan fingerprint density at radius 1 is 1.42 bits per heavy atom. The van der Waals surface area contributed by atoms with Crippen LogP contribution in [-0.4, -0.2) is 34.5 Å². The Morgan fingerprint density at radius 2 is 2.11 bits per heavy atom. The highest BCUT2D eigenvalue weighted by atomic mass is 32.1. The predicted octanol–water partition coefficient (Wildman–Crippen LogP) is 2.69. The zero-order valence-electron chi connectivity index (χ0n) is 11.5. The molecule has 2 rings (SSSR count). The lowest BCUT2D eigenvalue weighted by Gasteiger charge is -2.37. The average molecular weight is 281 g/mol. The van der Waals surface area contributed by atoms with Crippen molar-refractivity contribution in [2.24, 2.45) is 5.92 Å². The summed E-state index contributed by atoms with van der Waals surface area (Å²) in [6, 6.07) is 1.17. The van der Waals surface area contributed by atoms with Gasteiger partial charge in [0.25, 0.3) is 5.91 Å². The summed E-state index contributed by atoms with van der Waals surface area (Å²) < 4.78 is 0. The molecule has 1 fully saturated rings. The summed E-state index contributed by atoms with van der Waals surface area (Å²) in [5.41, 5.74) is 1.09. The van der Waals surface area contributed by atoms with Crippen LogP contribution in [0.4, 0.5) is 0 Å². The van der Waals surface area contributed by atoms with Crippen molar-refractivity contribution in [3.05, 3.63) is 21.4 Å². The van der Waals surface area contributed by atoms with Crippen molar-refractivity contribution in [3.63, 3.8) is 0 Å². The molecule has 104 valence electrons. The third kappa shape index (κ3) is 2.66. The largest absolute Gasteiger partial charge is 0.480 e. The fraction of sp³-hybridized carbons (Fsp3) is 0.571. The second-order valence-electron chi connectivity index (χ2n) is 5.25. The van der Waals surface area contributed by atoms with Crippen LogP contribution in [0.25, 0.3) is 0 Å². The summed E-state index contributed by atoms with van der Waals surface area (Å²) in [5.74, 6) is -1.02. The van der Waals surface area contributed by atoms with Crippen molar-refractivity contribution in [3.8, 4) is 0 Å². The first-order chi connectivity index (χ1) is 8.91. The van der Waals surface area contributed by atoms with Crippen molar-refractivity contribution >= 4 is 23.2 Å². The molecule has 1 aliphatic rings. The number of carbonyl (C=O) groups excluding carboxylic acids is 1. The van der Waals surface area contributed by atoms with Gasteiger partial charge in [0.05, 0.1) is 4.88 Å². The molecule has 2 heterocycles. The van der Waals surface area contributed by atoms with Gasteiger partial charge in [0.2, 0.25) is 0 Å². The van der Waals surface area contributed by atoms with Crippen LogP contribution in [0.2, 0.25) is 0 Å². The van der Waals surface area contributed by atoms with Crippen LogP contribution in [0.15, 0.2) is 6.07 Å². The zero-order chi connectivity index (χ0) is 14.2. The van der Waals surface area contributed by atoms with Crippen LogP contribution >= 0.6 is 11.3 Å². The smallest absolute Gasteiger partial charge is 0.326 e. The van der Waals surface area contributed by atoms with E-state index in [1.807, 2.05) is 26.8 Å². The lowest BCUT2D eigenvalue weighted by molar-refractivity contribution is -0.145. The molecule has 2 unspecified atom stereocenters. The number of thiophene rings is 1. The molecule has 1 aliphatic heterocycles. The molecule has 1 N–H and O–H groups in total. The normalized spacial score (nSPS) is 23.4. The molecule has 1 aromatic rings. The van der Waals surface area contributed by atoms with Crippen molar-refractivity contribution in [1.29, 1.82) is 0 Å². The lowest BCUT2D eigenvalue weighted by Crippen LogP contribution is -2.51. The maximum atomic E-state index is 12.5. The van der Waals surface area contributed by atoms with Crippen LogP contribution in [0, 0.1) is 19.8 Å². The lowest BCUT2D eigenvalue weighted by atomic mass is 9.90. The number of piperidine rings is 1. The molecule has 0 saturated carbocycles. The molecule has 1 saturated heterocycles. The molecule has 0 spiro atoms. The van der Waals surface area contributed by atoms with Gasteiger partial charge in [-0.25, -0.2) is 4.79 Å². The van der Waals surface area contributed by atoms with Crippen LogP contribution in [0.5, 0.6) is 0 Å². The van der Waals surface area contributed by atoms with E-state index in [4.69, 9.17) is 0 Å². The van der Waals surface area contributed by atoms with E-state index in [-0.39, 0.29) is 11.8 Å². The fourth-order valence-electron chi connectivity index (χ4n) is 2.61. The first-order valence-corrected chi connectivity index (χ1v) is 7.34. The number of amides is 1. The molecule has 0 radical (unpaired) electrons. The van der Waals surface area contributed by atoms with E-state index in [0.717, 1.165) is 23.3 Å². The maximum absolute atomic E-state index is 12.5. The number of aryl methyl sites for hydroxylation is 2. The molecule has 4 nitrogen and oxygen atoms in total. The second kappa shape index (κ2) is 5.33. The van der Waals surface area contributed by atoms with Crippen LogP contribution < -0.4 is 0 Å². The van der Waals surface area contributed by atoms with Gasteiger partial charge in [0.1, 0.15) is 6.04 Å². The Morgan fingerprint density at radius 3 is 2.63 bits per heavy atom. The summed E-state index contributed by atoms with van der Waals surface area (Å²) in [7, 11) is 0. The third-order valence-electron chi connectivity index (χ3n) is 3.82. The summed E-state index contributed by atoms with van der Waals surface area (Å²) in [6.45, 7) is 6.39. The number of hydrogen-bond donors (Lipinski definition) is 1. The Labute approximate surface area is 117 Å². The summed E-state index contributed by atoms with van der Waals surface area (Å²) in [4.78, 5) is 27.2. The molecule has 1 aromatic heterocycles. The van der Waals surface area contributed by atoms with Crippen molar-refractivity contribution in [2.45, 2.75) is 39.7 Å². The van der Waals surface area contributed by atoms with Gasteiger partial charge in [-0.05, 0) is 44.2 Å². The molecule has 0 bridgehead atoms. The van der Waals surface area contributed by atoms with Crippen LogP contribution in [0.1, 0.15) is 39.9 Å². The molecule has 0 aliphatic carbocycles. The van der Waals surface area contributed by atoms with Crippen molar-refractivity contribution < 1.29 is 14.7 Å². The monoisotopic (exact) mass is 281 g/mol. The van der Waals surface area contributed by atoms with Crippen LogP contribution in [-0.2, 0) is 4.79 Å². The Hall–Kier alpha value is -1.36. The molecular weight excluding hydrogens is 262 g/mol. The molecule has 5 heteroatoms. The minimum Gasteiger partial charge on any atom is -0.480 e. The third-order valence-corrected chi connectivity index (χ3v) is 4.96. The number of aliphatic carboxylic acids is 1. The molecule has 2 atom stereocenters. The van der Waals surface area contributed by atoms with Gasteiger partial charge >= 0.3 is 5.97 Å². The van der Waals surface area contributed by atoms with Crippen LogP contribution in [0.3, 0.4) is 0 Å². The average Bonchev–Trinajstić information content (AvgIpc) is 2.68. The number of rotatable bonds is 2. The van der Waals surface area contributed by atoms with E-state index in [1.54, 1.807) is 0 Å². The first kappa shape index (κ1) is 14.1. The quantitative estimate of drug-likeness (QED) is 0.906. The maximum Gasteiger partial charge on any atom is 0.326 e. The number of carboxylic acid groups (broad SMARTS) is 1. The number of carbonyl (C=O) groups is 2. The topological polar surface area (TPSA) is 57.6 Å². The molecular formula is C14H19NO3S. The van der Waals surface area contributed by atoms with Crippen molar-refractivity contribution in [2.75, 3.05) is 6.54 Å².